The summed E-state index contributed by atoms with van der Waals surface area (Å²) in [6.45, 7) is 0. The van der Waals surface area contributed by atoms with Crippen molar-refractivity contribution in [3.63, 3.8) is 0 Å². The van der Waals surface area contributed by atoms with Gasteiger partial charge in [0.15, 0.2) is 0 Å². The minimum absolute atomic E-state index is 0.944. The number of para-hydroxylation sites is 4. The van der Waals surface area contributed by atoms with Gasteiger partial charge in [-0.15, -0.1) is 0 Å². The Morgan fingerprint density at radius 3 is 0.871 bits per heavy atom. The Morgan fingerprint density at radius 2 is 0.500 bits per heavy atom. The zero-order chi connectivity index (χ0) is 41.0. The fourth-order valence-electron chi connectivity index (χ4n) is 9.30. The highest BCUT2D eigenvalue weighted by Gasteiger charge is 2.15. The van der Waals surface area contributed by atoms with E-state index in [0.29, 0.717) is 0 Å². The molecular formula is C59H39N3. The molecule has 0 saturated carbocycles. The molecule has 62 heavy (non-hydrogen) atoms. The highest BCUT2D eigenvalue weighted by Crippen LogP contribution is 2.36. The van der Waals surface area contributed by atoms with Gasteiger partial charge in [-0.25, -0.2) is 4.98 Å². The maximum Gasteiger partial charge on any atom is 0.0715 e. The predicted molar refractivity (Wildman–Crippen MR) is 260 cm³/mol. The molecule has 0 saturated heterocycles. The number of hydrogen-bond donors (Lipinski definition) is 0. The fourth-order valence-corrected chi connectivity index (χ4v) is 9.30. The molecule has 3 aromatic heterocycles. The van der Waals surface area contributed by atoms with Gasteiger partial charge in [-0.3, -0.25) is 0 Å². The molecule has 0 unspecified atom stereocenters. The van der Waals surface area contributed by atoms with E-state index in [2.05, 4.69) is 246 Å². The Balaban J connectivity index is 0.842. The lowest BCUT2D eigenvalue weighted by Crippen LogP contribution is -1.94. The number of aromatic nitrogens is 3. The first-order valence-electron chi connectivity index (χ1n) is 21.2. The highest BCUT2D eigenvalue weighted by atomic mass is 15.0. The number of pyridine rings is 1. The maximum absolute atomic E-state index is 5.22. The van der Waals surface area contributed by atoms with E-state index in [-0.39, 0.29) is 0 Å². The van der Waals surface area contributed by atoms with Gasteiger partial charge >= 0.3 is 0 Å². The molecule has 0 aliphatic heterocycles. The van der Waals surface area contributed by atoms with E-state index in [1.165, 1.54) is 65.9 Å². The summed E-state index contributed by atoms with van der Waals surface area (Å²) in [7, 11) is 0. The molecule has 0 bridgehead atoms. The second-order valence-electron chi connectivity index (χ2n) is 16.0. The second kappa shape index (κ2) is 14.8. The van der Waals surface area contributed by atoms with E-state index in [0.717, 1.165) is 45.0 Å². The van der Waals surface area contributed by atoms with Crippen LogP contribution in [0.1, 0.15) is 0 Å². The van der Waals surface area contributed by atoms with E-state index in [1.54, 1.807) is 0 Å². The smallest absolute Gasteiger partial charge is 0.0715 e. The Kier molecular flexibility index (Phi) is 8.50. The van der Waals surface area contributed by atoms with Crippen molar-refractivity contribution in [1.29, 1.82) is 0 Å². The lowest BCUT2D eigenvalue weighted by molar-refractivity contribution is 1.18. The lowest BCUT2D eigenvalue weighted by atomic mass is 9.97. The summed E-state index contributed by atoms with van der Waals surface area (Å²) < 4.78 is 4.72. The van der Waals surface area contributed by atoms with Gasteiger partial charge in [0.2, 0.25) is 0 Å². The third kappa shape index (κ3) is 6.10. The molecule has 9 aromatic carbocycles. The minimum Gasteiger partial charge on any atom is -0.309 e. The van der Waals surface area contributed by atoms with E-state index in [9.17, 15) is 0 Å². The summed E-state index contributed by atoms with van der Waals surface area (Å²) in [5.74, 6) is 0. The van der Waals surface area contributed by atoms with E-state index >= 15 is 0 Å². The first-order valence-corrected chi connectivity index (χ1v) is 21.2. The van der Waals surface area contributed by atoms with Crippen molar-refractivity contribution in [1.82, 2.24) is 14.1 Å². The van der Waals surface area contributed by atoms with Crippen molar-refractivity contribution >= 4 is 43.6 Å². The summed E-state index contributed by atoms with van der Waals surface area (Å²) in [5, 5.41) is 5.08. The molecule has 0 fully saturated rings. The zero-order valence-corrected chi connectivity index (χ0v) is 33.9. The Morgan fingerprint density at radius 1 is 0.226 bits per heavy atom. The molecule has 0 aliphatic rings. The standard InChI is InChI=1S/C59H39N3/c1-2-12-45(13-3-1)54-38-47(44-24-22-40(23-25-44)42-30-34-48(35-31-42)61-56-18-8-4-14-50(56)51-15-5-9-19-57(51)61)39-55(60-54)46-28-26-41(27-29-46)43-32-36-49(37-33-43)62-58-20-10-6-16-52(58)53-17-7-11-21-59(53)62/h1-39H. The molecule has 0 atom stereocenters. The number of rotatable bonds is 7. The van der Waals surface area contributed by atoms with Crippen molar-refractivity contribution in [2.24, 2.45) is 0 Å². The van der Waals surface area contributed by atoms with Crippen LogP contribution in [-0.2, 0) is 0 Å². The second-order valence-corrected chi connectivity index (χ2v) is 16.0. The predicted octanol–water partition coefficient (Wildman–Crippen LogP) is 15.6. The van der Waals surface area contributed by atoms with Crippen LogP contribution in [0.4, 0.5) is 0 Å². The van der Waals surface area contributed by atoms with Crippen LogP contribution in [0.15, 0.2) is 237 Å². The number of hydrogen-bond acceptors (Lipinski definition) is 1. The third-order valence-electron chi connectivity index (χ3n) is 12.4. The van der Waals surface area contributed by atoms with Gasteiger partial charge < -0.3 is 9.13 Å². The number of fused-ring (bicyclic) bond motifs is 6. The molecular weight excluding hydrogens is 751 g/mol. The average molecular weight is 790 g/mol. The van der Waals surface area contributed by atoms with Crippen molar-refractivity contribution in [2.45, 2.75) is 0 Å². The summed E-state index contributed by atoms with van der Waals surface area (Å²) in [5.41, 5.74) is 18.2. The van der Waals surface area contributed by atoms with Gasteiger partial charge in [-0.2, -0.15) is 0 Å². The molecule has 3 heteroatoms. The molecule has 0 spiro atoms. The molecule has 290 valence electrons. The first kappa shape index (κ1) is 35.7. The van der Waals surface area contributed by atoms with Gasteiger partial charge in [-0.05, 0) is 94.0 Å². The van der Waals surface area contributed by atoms with Crippen LogP contribution in [0.25, 0.3) is 111 Å². The molecule has 0 amide bonds. The minimum atomic E-state index is 0.944. The van der Waals surface area contributed by atoms with E-state index in [4.69, 9.17) is 4.98 Å². The Bertz CT molecular complexity index is 3250. The Labute approximate surface area is 360 Å². The van der Waals surface area contributed by atoms with Crippen LogP contribution in [0.5, 0.6) is 0 Å². The van der Waals surface area contributed by atoms with Crippen LogP contribution in [0.3, 0.4) is 0 Å². The molecule has 12 aromatic rings. The van der Waals surface area contributed by atoms with Crippen LogP contribution < -0.4 is 0 Å². The molecule has 0 aliphatic carbocycles. The van der Waals surface area contributed by atoms with Crippen LogP contribution in [0, 0.1) is 0 Å². The van der Waals surface area contributed by atoms with Gasteiger partial charge in [-0.1, -0.05) is 176 Å². The largest absolute Gasteiger partial charge is 0.309 e. The molecule has 0 N–H and O–H groups in total. The normalized spacial score (nSPS) is 11.5. The molecule has 12 rings (SSSR count). The van der Waals surface area contributed by atoms with Crippen LogP contribution >= 0.6 is 0 Å². The maximum atomic E-state index is 5.22. The van der Waals surface area contributed by atoms with Crippen LogP contribution in [-0.4, -0.2) is 14.1 Å². The van der Waals surface area contributed by atoms with E-state index in [1.807, 2.05) is 0 Å². The monoisotopic (exact) mass is 789 g/mol. The van der Waals surface area contributed by atoms with Gasteiger partial charge in [0, 0.05) is 44.0 Å². The molecule has 0 radical (unpaired) electrons. The van der Waals surface area contributed by atoms with E-state index < -0.39 is 0 Å². The van der Waals surface area contributed by atoms with Crippen molar-refractivity contribution in [3.8, 4) is 67.3 Å². The van der Waals surface area contributed by atoms with Gasteiger partial charge in [0.25, 0.3) is 0 Å². The van der Waals surface area contributed by atoms with Crippen molar-refractivity contribution in [2.75, 3.05) is 0 Å². The summed E-state index contributed by atoms with van der Waals surface area (Å²) >= 11 is 0. The van der Waals surface area contributed by atoms with Crippen molar-refractivity contribution < 1.29 is 0 Å². The first-order chi connectivity index (χ1) is 30.7. The SMILES string of the molecule is c1ccc(-c2cc(-c3ccc(-c4ccc(-n5c6ccccc6c6ccccc65)cc4)cc3)cc(-c3ccc(-c4ccc(-n5c6ccccc6c6ccccc65)cc4)cc3)n2)cc1. The number of nitrogens with zero attached hydrogens (tertiary/aromatic N) is 3. The Hall–Kier alpha value is -8.27. The molecule has 3 heterocycles. The fraction of sp³-hybridized carbons (Fsp3) is 0. The molecule has 3 nitrogen and oxygen atoms in total. The van der Waals surface area contributed by atoms with Crippen molar-refractivity contribution in [3.05, 3.63) is 237 Å². The average Bonchev–Trinajstić information content (AvgIpc) is 3.87. The van der Waals surface area contributed by atoms with Crippen LogP contribution in [0.2, 0.25) is 0 Å². The van der Waals surface area contributed by atoms with Gasteiger partial charge in [0.05, 0.1) is 33.5 Å². The third-order valence-corrected chi connectivity index (χ3v) is 12.4. The zero-order valence-electron chi connectivity index (χ0n) is 33.9. The topological polar surface area (TPSA) is 22.8 Å². The quantitative estimate of drug-likeness (QED) is 0.158. The highest BCUT2D eigenvalue weighted by molar-refractivity contribution is 6.10. The summed E-state index contributed by atoms with van der Waals surface area (Å²) in [6.07, 6.45) is 0. The van der Waals surface area contributed by atoms with Gasteiger partial charge in [0.1, 0.15) is 0 Å². The summed E-state index contributed by atoms with van der Waals surface area (Å²) in [6, 6.07) is 85.1. The number of benzene rings is 9. The summed E-state index contributed by atoms with van der Waals surface area (Å²) in [4.78, 5) is 5.22. The lowest BCUT2D eigenvalue weighted by Gasteiger charge is -2.12.